The SMILES string of the molecule is CC(C)=NC(C)c1ccc2c(c1)OCCOCCOCCOCCO2. The normalized spacial score (nSPS) is 18.5. The summed E-state index contributed by atoms with van der Waals surface area (Å²) in [6.07, 6.45) is 0. The van der Waals surface area contributed by atoms with Crippen molar-refractivity contribution < 1.29 is 23.7 Å². The molecule has 6 heteroatoms. The first-order chi connectivity index (χ1) is 12.2. The van der Waals surface area contributed by atoms with Gasteiger partial charge in [-0.3, -0.25) is 4.99 Å². The molecule has 1 aromatic rings. The van der Waals surface area contributed by atoms with Crippen molar-refractivity contribution in [3.63, 3.8) is 0 Å². The molecule has 1 aromatic carbocycles. The van der Waals surface area contributed by atoms with Crippen LogP contribution in [0, 0.1) is 0 Å². The van der Waals surface area contributed by atoms with Crippen LogP contribution in [0.15, 0.2) is 23.2 Å². The van der Waals surface area contributed by atoms with Gasteiger partial charge < -0.3 is 23.7 Å². The van der Waals surface area contributed by atoms with Crippen molar-refractivity contribution in [1.82, 2.24) is 0 Å². The molecule has 0 aromatic heterocycles. The van der Waals surface area contributed by atoms with Crippen molar-refractivity contribution in [3.8, 4) is 11.5 Å². The van der Waals surface area contributed by atoms with E-state index in [-0.39, 0.29) is 6.04 Å². The molecule has 0 N–H and O–H groups in total. The fourth-order valence-electron chi connectivity index (χ4n) is 2.44. The molecular formula is C19H29NO5. The molecule has 0 amide bonds. The largest absolute Gasteiger partial charge is 0.487 e. The summed E-state index contributed by atoms with van der Waals surface area (Å²) < 4.78 is 28.1. The van der Waals surface area contributed by atoms with Crippen LogP contribution in [-0.2, 0) is 14.2 Å². The van der Waals surface area contributed by atoms with Crippen LogP contribution in [0.3, 0.4) is 0 Å². The highest BCUT2D eigenvalue weighted by Gasteiger charge is 2.11. The van der Waals surface area contributed by atoms with Gasteiger partial charge >= 0.3 is 0 Å². The highest BCUT2D eigenvalue weighted by atomic mass is 16.6. The number of nitrogens with zero attached hydrogens (tertiary/aromatic N) is 1. The predicted octanol–water partition coefficient (Wildman–Crippen LogP) is 3.05. The van der Waals surface area contributed by atoms with E-state index in [0.29, 0.717) is 64.4 Å². The van der Waals surface area contributed by atoms with Gasteiger partial charge in [0.25, 0.3) is 0 Å². The third kappa shape index (κ3) is 7.42. The number of benzene rings is 1. The molecule has 0 spiro atoms. The first kappa shape index (κ1) is 19.7. The summed E-state index contributed by atoms with van der Waals surface area (Å²) in [5, 5.41) is 0. The van der Waals surface area contributed by atoms with Crippen molar-refractivity contribution in [2.24, 2.45) is 4.99 Å². The molecule has 6 nitrogen and oxygen atoms in total. The van der Waals surface area contributed by atoms with Crippen molar-refractivity contribution in [2.45, 2.75) is 26.8 Å². The number of hydrogen-bond donors (Lipinski definition) is 0. The van der Waals surface area contributed by atoms with Crippen LogP contribution in [0.25, 0.3) is 0 Å². The van der Waals surface area contributed by atoms with Crippen LogP contribution in [0.2, 0.25) is 0 Å². The second-order valence-electron chi connectivity index (χ2n) is 5.99. The summed E-state index contributed by atoms with van der Waals surface area (Å²) >= 11 is 0. The Morgan fingerprint density at radius 1 is 0.800 bits per heavy atom. The minimum absolute atomic E-state index is 0.0761. The van der Waals surface area contributed by atoms with Gasteiger partial charge in [0.15, 0.2) is 11.5 Å². The average molecular weight is 351 g/mol. The Morgan fingerprint density at radius 2 is 1.32 bits per heavy atom. The van der Waals surface area contributed by atoms with Gasteiger partial charge in [0.2, 0.25) is 0 Å². The van der Waals surface area contributed by atoms with Crippen molar-refractivity contribution in [2.75, 3.05) is 52.9 Å². The second-order valence-corrected chi connectivity index (χ2v) is 5.99. The molecule has 1 heterocycles. The minimum atomic E-state index is 0.0761. The first-order valence-electron chi connectivity index (χ1n) is 8.80. The number of rotatable bonds is 2. The summed E-state index contributed by atoms with van der Waals surface area (Å²) in [5.41, 5.74) is 2.14. The van der Waals surface area contributed by atoms with Gasteiger partial charge in [0.1, 0.15) is 13.2 Å². The van der Waals surface area contributed by atoms with E-state index >= 15 is 0 Å². The van der Waals surface area contributed by atoms with Crippen molar-refractivity contribution in [1.29, 1.82) is 0 Å². The minimum Gasteiger partial charge on any atom is -0.487 e. The zero-order valence-electron chi connectivity index (χ0n) is 15.5. The summed E-state index contributed by atoms with van der Waals surface area (Å²) in [7, 11) is 0. The quantitative estimate of drug-likeness (QED) is 0.767. The maximum absolute atomic E-state index is 5.88. The molecular weight excluding hydrogens is 322 g/mol. The van der Waals surface area contributed by atoms with Crippen LogP contribution in [0.1, 0.15) is 32.4 Å². The lowest BCUT2D eigenvalue weighted by Crippen LogP contribution is -2.13. The number of aliphatic imine (C=N–C) groups is 1. The Hall–Kier alpha value is -1.63. The molecule has 0 fully saturated rings. The van der Waals surface area contributed by atoms with E-state index in [4.69, 9.17) is 23.7 Å². The highest BCUT2D eigenvalue weighted by molar-refractivity contribution is 5.79. The molecule has 0 bridgehead atoms. The van der Waals surface area contributed by atoms with E-state index in [2.05, 4.69) is 11.9 Å². The number of hydrogen-bond acceptors (Lipinski definition) is 6. The zero-order valence-corrected chi connectivity index (χ0v) is 15.5. The van der Waals surface area contributed by atoms with E-state index < -0.39 is 0 Å². The van der Waals surface area contributed by atoms with E-state index in [1.54, 1.807) is 0 Å². The van der Waals surface area contributed by atoms with Crippen molar-refractivity contribution >= 4 is 5.71 Å². The number of fused-ring (bicyclic) bond motifs is 1. The summed E-state index contributed by atoms with van der Waals surface area (Å²) in [6, 6.07) is 6.03. The van der Waals surface area contributed by atoms with Gasteiger partial charge in [0, 0.05) is 5.71 Å². The Balaban J connectivity index is 2.07. The smallest absolute Gasteiger partial charge is 0.161 e. The van der Waals surface area contributed by atoms with Crippen molar-refractivity contribution in [3.05, 3.63) is 23.8 Å². The Bertz CT molecular complexity index is 543. The lowest BCUT2D eigenvalue weighted by molar-refractivity contribution is 0.00708. The fraction of sp³-hybridized carbons (Fsp3) is 0.632. The van der Waals surface area contributed by atoms with Gasteiger partial charge in [-0.1, -0.05) is 6.07 Å². The topological polar surface area (TPSA) is 58.5 Å². The zero-order chi connectivity index (χ0) is 17.9. The molecule has 2 rings (SSSR count). The molecule has 0 radical (unpaired) electrons. The van der Waals surface area contributed by atoms with Crippen LogP contribution < -0.4 is 9.47 Å². The van der Waals surface area contributed by atoms with E-state index in [1.807, 2.05) is 32.0 Å². The van der Waals surface area contributed by atoms with Gasteiger partial charge in [-0.05, 0) is 38.5 Å². The lowest BCUT2D eigenvalue weighted by Gasteiger charge is -2.16. The molecule has 0 saturated heterocycles. The third-order valence-corrected chi connectivity index (χ3v) is 3.62. The van der Waals surface area contributed by atoms with Crippen LogP contribution >= 0.6 is 0 Å². The first-order valence-corrected chi connectivity index (χ1v) is 8.80. The summed E-state index contributed by atoms with van der Waals surface area (Å²) in [6.45, 7) is 10.2. The van der Waals surface area contributed by atoms with E-state index in [9.17, 15) is 0 Å². The van der Waals surface area contributed by atoms with E-state index in [1.165, 1.54) is 0 Å². The molecule has 25 heavy (non-hydrogen) atoms. The van der Waals surface area contributed by atoms with Crippen LogP contribution in [0.5, 0.6) is 11.5 Å². The molecule has 1 unspecified atom stereocenters. The summed E-state index contributed by atoms with van der Waals surface area (Å²) in [4.78, 5) is 4.59. The molecule has 140 valence electrons. The average Bonchev–Trinajstić information content (AvgIpc) is 2.59. The molecule has 1 atom stereocenters. The van der Waals surface area contributed by atoms with Crippen LogP contribution in [-0.4, -0.2) is 58.6 Å². The number of ether oxygens (including phenoxy) is 5. The van der Waals surface area contributed by atoms with Gasteiger partial charge in [-0.25, -0.2) is 0 Å². The van der Waals surface area contributed by atoms with Gasteiger partial charge in [-0.15, -0.1) is 0 Å². The Morgan fingerprint density at radius 3 is 1.88 bits per heavy atom. The maximum atomic E-state index is 5.88. The molecule has 1 aliphatic rings. The standard InChI is InChI=1S/C19H29NO5/c1-15(2)20-16(3)17-4-5-18-19(14-17)25-13-11-23-9-7-21-6-8-22-10-12-24-18/h4-5,14,16H,6-13H2,1-3H3. The third-order valence-electron chi connectivity index (χ3n) is 3.62. The fourth-order valence-corrected chi connectivity index (χ4v) is 2.44. The Kier molecular flexibility index (Phi) is 8.72. The maximum Gasteiger partial charge on any atom is 0.161 e. The molecule has 0 saturated carbocycles. The monoisotopic (exact) mass is 351 g/mol. The summed E-state index contributed by atoms with van der Waals surface area (Å²) in [5.74, 6) is 1.42. The van der Waals surface area contributed by atoms with Crippen LogP contribution in [0.4, 0.5) is 0 Å². The van der Waals surface area contributed by atoms with Gasteiger partial charge in [0.05, 0.1) is 45.7 Å². The lowest BCUT2D eigenvalue weighted by atomic mass is 10.1. The Labute approximate surface area is 150 Å². The molecule has 0 aliphatic carbocycles. The highest BCUT2D eigenvalue weighted by Crippen LogP contribution is 2.31. The van der Waals surface area contributed by atoms with Gasteiger partial charge in [-0.2, -0.15) is 0 Å². The van der Waals surface area contributed by atoms with E-state index in [0.717, 1.165) is 11.3 Å². The second kappa shape index (κ2) is 11.1. The molecule has 1 aliphatic heterocycles. The predicted molar refractivity (Wildman–Crippen MR) is 97.1 cm³/mol.